The van der Waals surface area contributed by atoms with Gasteiger partial charge in [0, 0.05) is 13.1 Å². The van der Waals surface area contributed by atoms with Crippen LogP contribution >= 0.6 is 0 Å². The van der Waals surface area contributed by atoms with Gasteiger partial charge in [0.15, 0.2) is 5.82 Å². The second kappa shape index (κ2) is 5.57. The summed E-state index contributed by atoms with van der Waals surface area (Å²) < 4.78 is 0. The molecular formula is C11H17N5O. The van der Waals surface area contributed by atoms with E-state index in [-0.39, 0.29) is 0 Å². The second-order valence-electron chi connectivity index (χ2n) is 4.49. The average Bonchev–Trinajstić information content (AvgIpc) is 2.25. The highest BCUT2D eigenvalue weighted by molar-refractivity contribution is 5.50. The van der Waals surface area contributed by atoms with E-state index in [9.17, 15) is 5.11 Å². The first kappa shape index (κ1) is 13.4. The van der Waals surface area contributed by atoms with Crippen LogP contribution in [0, 0.1) is 11.3 Å². The zero-order valence-corrected chi connectivity index (χ0v) is 10.3. The van der Waals surface area contributed by atoms with Gasteiger partial charge in [-0.25, -0.2) is 0 Å². The van der Waals surface area contributed by atoms with Crippen LogP contribution in [0.3, 0.4) is 0 Å². The molecule has 0 spiro atoms. The minimum absolute atomic E-state index is 0.304. The van der Waals surface area contributed by atoms with Gasteiger partial charge in [-0.15, -0.1) is 5.10 Å². The first-order valence-corrected chi connectivity index (χ1v) is 5.27. The van der Waals surface area contributed by atoms with Gasteiger partial charge in [-0.3, -0.25) is 0 Å². The van der Waals surface area contributed by atoms with E-state index in [2.05, 4.69) is 15.5 Å². The number of nitrogens with zero attached hydrogens (tertiary/aromatic N) is 4. The SMILES string of the molecule is CN(C)CC(C)(O)CNc1nnccc1C#N. The summed E-state index contributed by atoms with van der Waals surface area (Å²) in [6, 6.07) is 3.59. The van der Waals surface area contributed by atoms with Crippen molar-refractivity contribution >= 4 is 5.82 Å². The van der Waals surface area contributed by atoms with Crippen LogP contribution < -0.4 is 5.32 Å². The molecule has 6 heteroatoms. The molecule has 6 nitrogen and oxygen atoms in total. The number of nitrogens with one attached hydrogen (secondary N) is 1. The van der Waals surface area contributed by atoms with E-state index < -0.39 is 5.60 Å². The van der Waals surface area contributed by atoms with Crippen LogP contribution in [0.5, 0.6) is 0 Å². The third-order valence-electron chi connectivity index (χ3n) is 2.13. The summed E-state index contributed by atoms with van der Waals surface area (Å²) >= 11 is 0. The van der Waals surface area contributed by atoms with Crippen LogP contribution in [0.25, 0.3) is 0 Å². The highest BCUT2D eigenvalue weighted by atomic mass is 16.3. The molecule has 1 heterocycles. The number of aliphatic hydroxyl groups is 1. The molecule has 1 atom stereocenters. The molecule has 0 aliphatic rings. The molecule has 1 aromatic rings. The molecule has 2 N–H and O–H groups in total. The normalized spacial score (nSPS) is 14.1. The number of hydrogen-bond acceptors (Lipinski definition) is 6. The van der Waals surface area contributed by atoms with Crippen LogP contribution in [-0.4, -0.2) is 53.0 Å². The molecule has 1 unspecified atom stereocenters. The van der Waals surface area contributed by atoms with Crippen molar-refractivity contribution in [2.45, 2.75) is 12.5 Å². The van der Waals surface area contributed by atoms with E-state index in [1.807, 2.05) is 25.1 Å². The van der Waals surface area contributed by atoms with Gasteiger partial charge in [-0.2, -0.15) is 10.4 Å². The van der Waals surface area contributed by atoms with Crippen molar-refractivity contribution in [2.24, 2.45) is 0 Å². The predicted octanol–water partition coefficient (Wildman–Crippen LogP) is 0.0728. The first-order chi connectivity index (χ1) is 7.94. The van der Waals surface area contributed by atoms with Crippen molar-refractivity contribution in [2.75, 3.05) is 32.5 Å². The number of nitriles is 1. The zero-order valence-electron chi connectivity index (χ0n) is 10.3. The van der Waals surface area contributed by atoms with Gasteiger partial charge in [0.2, 0.25) is 0 Å². The maximum absolute atomic E-state index is 10.1. The van der Waals surface area contributed by atoms with Crippen LogP contribution in [0.1, 0.15) is 12.5 Å². The molecule has 0 saturated carbocycles. The lowest BCUT2D eigenvalue weighted by Crippen LogP contribution is -2.43. The Kier molecular flexibility index (Phi) is 4.37. The van der Waals surface area contributed by atoms with E-state index in [1.54, 1.807) is 13.0 Å². The monoisotopic (exact) mass is 235 g/mol. The summed E-state index contributed by atoms with van der Waals surface area (Å²) in [5.74, 6) is 0.397. The smallest absolute Gasteiger partial charge is 0.166 e. The van der Waals surface area contributed by atoms with E-state index >= 15 is 0 Å². The fraction of sp³-hybridized carbons (Fsp3) is 0.545. The lowest BCUT2D eigenvalue weighted by atomic mass is 10.1. The van der Waals surface area contributed by atoms with Gasteiger partial charge >= 0.3 is 0 Å². The summed E-state index contributed by atoms with van der Waals surface area (Å²) in [5, 5.41) is 29.4. The van der Waals surface area contributed by atoms with Crippen LogP contribution in [-0.2, 0) is 0 Å². The number of aromatic nitrogens is 2. The predicted molar refractivity (Wildman–Crippen MR) is 64.4 cm³/mol. The molecular weight excluding hydrogens is 218 g/mol. The molecule has 0 amide bonds. The highest BCUT2D eigenvalue weighted by Gasteiger charge is 2.21. The Morgan fingerprint density at radius 3 is 2.88 bits per heavy atom. The third-order valence-corrected chi connectivity index (χ3v) is 2.13. The Hall–Kier alpha value is -1.71. The number of rotatable bonds is 5. The van der Waals surface area contributed by atoms with E-state index in [1.165, 1.54) is 6.20 Å². The molecule has 0 aliphatic heterocycles. The Morgan fingerprint density at radius 2 is 2.29 bits per heavy atom. The van der Waals surface area contributed by atoms with Crippen molar-refractivity contribution < 1.29 is 5.11 Å². The summed E-state index contributed by atoms with van der Waals surface area (Å²) in [5.41, 5.74) is -0.478. The van der Waals surface area contributed by atoms with Gasteiger partial charge in [-0.1, -0.05) is 0 Å². The first-order valence-electron chi connectivity index (χ1n) is 5.27. The van der Waals surface area contributed by atoms with E-state index in [4.69, 9.17) is 5.26 Å². The molecule has 0 aromatic carbocycles. The topological polar surface area (TPSA) is 85.1 Å². The molecule has 0 aliphatic carbocycles. The standard InChI is InChI=1S/C11H17N5O/c1-11(17,8-16(2)3)7-13-10-9(6-12)4-5-14-15-10/h4-5,17H,7-8H2,1-3H3,(H,13,15). The van der Waals surface area contributed by atoms with Crippen molar-refractivity contribution in [3.63, 3.8) is 0 Å². The molecule has 92 valence electrons. The fourth-order valence-electron chi connectivity index (χ4n) is 1.56. The fourth-order valence-corrected chi connectivity index (χ4v) is 1.56. The minimum Gasteiger partial charge on any atom is -0.387 e. The number of anilines is 1. The largest absolute Gasteiger partial charge is 0.387 e. The summed E-state index contributed by atoms with van der Waals surface area (Å²) in [4.78, 5) is 1.89. The summed E-state index contributed by atoms with van der Waals surface area (Å²) in [6.07, 6.45) is 1.46. The van der Waals surface area contributed by atoms with Crippen LogP contribution in [0.15, 0.2) is 12.3 Å². The maximum atomic E-state index is 10.1. The van der Waals surface area contributed by atoms with Crippen LogP contribution in [0.4, 0.5) is 5.82 Å². The number of hydrogen-bond donors (Lipinski definition) is 2. The van der Waals surface area contributed by atoms with Crippen LogP contribution in [0.2, 0.25) is 0 Å². The molecule has 0 fully saturated rings. The van der Waals surface area contributed by atoms with Gasteiger partial charge in [0.05, 0.1) is 17.4 Å². The summed E-state index contributed by atoms with van der Waals surface area (Å²) in [6.45, 7) is 2.54. The molecule has 0 radical (unpaired) electrons. The van der Waals surface area contributed by atoms with Gasteiger partial charge in [0.25, 0.3) is 0 Å². The highest BCUT2D eigenvalue weighted by Crippen LogP contribution is 2.11. The van der Waals surface area contributed by atoms with E-state index in [0.717, 1.165) is 0 Å². The van der Waals surface area contributed by atoms with Gasteiger partial charge < -0.3 is 15.3 Å². The van der Waals surface area contributed by atoms with Crippen molar-refractivity contribution in [1.82, 2.24) is 15.1 Å². The van der Waals surface area contributed by atoms with Crippen molar-refractivity contribution in [3.05, 3.63) is 17.8 Å². The Bertz CT molecular complexity index is 411. The Labute approximate surface area is 101 Å². The molecule has 1 aromatic heterocycles. The maximum Gasteiger partial charge on any atom is 0.166 e. The zero-order chi connectivity index (χ0) is 12.9. The molecule has 17 heavy (non-hydrogen) atoms. The average molecular weight is 235 g/mol. The van der Waals surface area contributed by atoms with Gasteiger partial charge in [-0.05, 0) is 27.1 Å². The Balaban J connectivity index is 2.64. The Morgan fingerprint density at radius 1 is 1.59 bits per heavy atom. The van der Waals surface area contributed by atoms with Gasteiger partial charge in [0.1, 0.15) is 6.07 Å². The second-order valence-corrected chi connectivity index (χ2v) is 4.49. The lowest BCUT2D eigenvalue weighted by molar-refractivity contribution is 0.0459. The quantitative estimate of drug-likeness (QED) is 0.751. The lowest BCUT2D eigenvalue weighted by Gasteiger charge is -2.27. The minimum atomic E-state index is -0.895. The number of likely N-dealkylation sites (N-methyl/N-ethyl adjacent to an activating group) is 1. The molecule has 0 bridgehead atoms. The van der Waals surface area contributed by atoms with E-state index in [0.29, 0.717) is 24.5 Å². The van der Waals surface area contributed by atoms with Crippen molar-refractivity contribution in [3.8, 4) is 6.07 Å². The third kappa shape index (κ3) is 4.34. The van der Waals surface area contributed by atoms with Crippen molar-refractivity contribution in [1.29, 1.82) is 5.26 Å². The molecule has 1 rings (SSSR count). The molecule has 0 saturated heterocycles. The summed E-state index contributed by atoms with van der Waals surface area (Å²) in [7, 11) is 3.77.